The van der Waals surface area contributed by atoms with Gasteiger partial charge in [0.1, 0.15) is 5.76 Å². The van der Waals surface area contributed by atoms with E-state index in [0.717, 1.165) is 17.2 Å². The molecule has 0 radical (unpaired) electrons. The average Bonchev–Trinajstić information content (AvgIpc) is 2.71. The summed E-state index contributed by atoms with van der Waals surface area (Å²) in [7, 11) is 0. The molecule has 0 amide bonds. The van der Waals surface area contributed by atoms with E-state index < -0.39 is 0 Å². The van der Waals surface area contributed by atoms with E-state index in [0.29, 0.717) is 11.1 Å². The van der Waals surface area contributed by atoms with Crippen LogP contribution < -0.4 is 0 Å². The van der Waals surface area contributed by atoms with Gasteiger partial charge in [-0.25, -0.2) is 0 Å². The smallest absolute Gasteiger partial charge is 0.202 e. The van der Waals surface area contributed by atoms with Crippen LogP contribution >= 0.6 is 15.9 Å². The minimum Gasteiger partial charge on any atom is -0.458 e. The molecule has 0 aliphatic heterocycles. The van der Waals surface area contributed by atoms with E-state index in [9.17, 15) is 0 Å². The predicted molar refractivity (Wildman–Crippen MR) is 51.6 cm³/mol. The van der Waals surface area contributed by atoms with Crippen LogP contribution in [0.3, 0.4) is 0 Å². The summed E-state index contributed by atoms with van der Waals surface area (Å²) in [5.41, 5.74) is 0.865. The molecule has 0 unspecified atom stereocenters. The normalized spacial score (nSPS) is 10.6. The van der Waals surface area contributed by atoms with Crippen molar-refractivity contribution < 1.29 is 8.94 Å². The molecule has 2 rings (SSSR count). The Morgan fingerprint density at radius 1 is 1.38 bits per heavy atom. The lowest BCUT2D eigenvalue weighted by atomic mass is 10.3. The van der Waals surface area contributed by atoms with E-state index in [2.05, 4.69) is 21.1 Å². The first-order valence-electron chi connectivity index (χ1n) is 3.88. The van der Waals surface area contributed by atoms with Gasteiger partial charge in [0.05, 0.1) is 5.69 Å². The molecule has 2 heterocycles. The van der Waals surface area contributed by atoms with Crippen LogP contribution in [0.4, 0.5) is 0 Å². The monoisotopic (exact) mass is 241 g/mol. The summed E-state index contributed by atoms with van der Waals surface area (Å²) in [6.07, 6.45) is 0. The van der Waals surface area contributed by atoms with Crippen molar-refractivity contribution in [2.24, 2.45) is 0 Å². The van der Waals surface area contributed by atoms with Crippen molar-refractivity contribution in [2.75, 3.05) is 0 Å². The molecule has 2 aromatic heterocycles. The second-order valence-corrected chi connectivity index (χ2v) is 3.29. The number of rotatable bonds is 2. The molecule has 0 aromatic carbocycles. The third-order valence-electron chi connectivity index (χ3n) is 1.68. The summed E-state index contributed by atoms with van der Waals surface area (Å²) in [4.78, 5) is 0. The summed E-state index contributed by atoms with van der Waals surface area (Å²) in [6.45, 7) is 1.89. The van der Waals surface area contributed by atoms with Gasteiger partial charge in [0.25, 0.3) is 0 Å². The van der Waals surface area contributed by atoms with Crippen LogP contribution in [0.2, 0.25) is 0 Å². The Labute approximate surface area is 83.8 Å². The first-order chi connectivity index (χ1) is 6.29. The SMILES string of the molecule is Cc1ccc(-c2cc(CBr)no2)o1. The van der Waals surface area contributed by atoms with Crippen LogP contribution in [0, 0.1) is 6.92 Å². The minimum atomic E-state index is 0.669. The molecule has 0 bridgehead atoms. The highest BCUT2D eigenvalue weighted by atomic mass is 79.9. The molecule has 4 heteroatoms. The number of hydrogen-bond acceptors (Lipinski definition) is 3. The molecule has 0 aliphatic carbocycles. The van der Waals surface area contributed by atoms with Crippen molar-refractivity contribution in [2.45, 2.75) is 12.3 Å². The van der Waals surface area contributed by atoms with Gasteiger partial charge in [0.15, 0.2) is 5.76 Å². The Morgan fingerprint density at radius 3 is 2.77 bits per heavy atom. The number of aryl methyl sites for hydroxylation is 1. The van der Waals surface area contributed by atoms with Gasteiger partial charge in [-0.15, -0.1) is 0 Å². The number of aromatic nitrogens is 1. The third kappa shape index (κ3) is 1.67. The summed E-state index contributed by atoms with van der Waals surface area (Å²) >= 11 is 3.30. The number of furan rings is 1. The molecule has 0 saturated heterocycles. The lowest BCUT2D eigenvalue weighted by Gasteiger charge is -1.85. The third-order valence-corrected chi connectivity index (χ3v) is 2.25. The molecule has 0 atom stereocenters. The van der Waals surface area contributed by atoms with Crippen LogP contribution in [-0.2, 0) is 5.33 Å². The minimum absolute atomic E-state index is 0.669. The summed E-state index contributed by atoms with van der Waals surface area (Å²) < 4.78 is 10.5. The quantitative estimate of drug-likeness (QED) is 0.759. The van der Waals surface area contributed by atoms with Gasteiger partial charge in [-0.2, -0.15) is 0 Å². The van der Waals surface area contributed by atoms with E-state index in [1.165, 1.54) is 0 Å². The van der Waals surface area contributed by atoms with Gasteiger partial charge in [0, 0.05) is 11.4 Å². The second-order valence-electron chi connectivity index (χ2n) is 2.73. The zero-order valence-electron chi connectivity index (χ0n) is 7.08. The van der Waals surface area contributed by atoms with Crippen molar-refractivity contribution in [3.8, 4) is 11.5 Å². The van der Waals surface area contributed by atoms with Gasteiger partial charge in [0.2, 0.25) is 5.76 Å². The second kappa shape index (κ2) is 3.38. The molecular weight excluding hydrogens is 234 g/mol. The van der Waals surface area contributed by atoms with E-state index in [1.54, 1.807) is 0 Å². The maximum absolute atomic E-state index is 5.38. The van der Waals surface area contributed by atoms with Crippen molar-refractivity contribution in [1.82, 2.24) is 5.16 Å². The fourth-order valence-electron chi connectivity index (χ4n) is 1.06. The Morgan fingerprint density at radius 2 is 2.23 bits per heavy atom. The van der Waals surface area contributed by atoms with Gasteiger partial charge in [-0.1, -0.05) is 21.1 Å². The molecule has 0 N–H and O–H groups in total. The molecule has 13 heavy (non-hydrogen) atoms. The standard InChI is InChI=1S/C9H8BrNO2/c1-6-2-3-8(12-6)9-4-7(5-10)11-13-9/h2-4H,5H2,1H3. The molecule has 0 saturated carbocycles. The Hall–Kier alpha value is -1.03. The van der Waals surface area contributed by atoms with Crippen molar-refractivity contribution in [3.05, 3.63) is 29.7 Å². The fourth-order valence-corrected chi connectivity index (χ4v) is 1.32. The molecule has 0 spiro atoms. The van der Waals surface area contributed by atoms with Gasteiger partial charge in [-0.05, 0) is 19.1 Å². The van der Waals surface area contributed by atoms with Crippen LogP contribution in [0.15, 0.2) is 27.1 Å². The Bertz CT molecular complexity index is 405. The maximum Gasteiger partial charge on any atom is 0.202 e. The molecule has 0 aliphatic rings. The topological polar surface area (TPSA) is 39.2 Å². The van der Waals surface area contributed by atoms with E-state index in [4.69, 9.17) is 8.94 Å². The maximum atomic E-state index is 5.38. The molecular formula is C9H8BrNO2. The van der Waals surface area contributed by atoms with Gasteiger partial charge >= 0.3 is 0 Å². The highest BCUT2D eigenvalue weighted by Crippen LogP contribution is 2.23. The molecule has 68 valence electrons. The van der Waals surface area contributed by atoms with Crippen molar-refractivity contribution in [1.29, 1.82) is 0 Å². The summed E-state index contributed by atoms with van der Waals surface area (Å²) in [5.74, 6) is 2.26. The molecule has 2 aromatic rings. The van der Waals surface area contributed by atoms with Crippen LogP contribution in [0.5, 0.6) is 0 Å². The Balaban J connectivity index is 2.35. The van der Waals surface area contributed by atoms with E-state index in [-0.39, 0.29) is 0 Å². The van der Waals surface area contributed by atoms with Crippen LogP contribution in [-0.4, -0.2) is 5.16 Å². The van der Waals surface area contributed by atoms with Crippen molar-refractivity contribution in [3.63, 3.8) is 0 Å². The summed E-state index contributed by atoms with van der Waals surface area (Å²) in [6, 6.07) is 5.62. The lowest BCUT2D eigenvalue weighted by molar-refractivity contribution is 0.411. The number of hydrogen-bond donors (Lipinski definition) is 0. The zero-order chi connectivity index (χ0) is 9.26. The lowest BCUT2D eigenvalue weighted by Crippen LogP contribution is -1.70. The number of nitrogens with zero attached hydrogens (tertiary/aromatic N) is 1. The van der Waals surface area contributed by atoms with Gasteiger partial charge < -0.3 is 8.94 Å². The van der Waals surface area contributed by atoms with Crippen LogP contribution in [0.25, 0.3) is 11.5 Å². The highest BCUT2D eigenvalue weighted by Gasteiger charge is 2.08. The fraction of sp³-hybridized carbons (Fsp3) is 0.222. The highest BCUT2D eigenvalue weighted by molar-refractivity contribution is 9.08. The zero-order valence-corrected chi connectivity index (χ0v) is 8.67. The number of alkyl halides is 1. The van der Waals surface area contributed by atoms with Crippen molar-refractivity contribution >= 4 is 15.9 Å². The predicted octanol–water partition coefficient (Wildman–Crippen LogP) is 3.14. The Kier molecular flexibility index (Phi) is 2.22. The van der Waals surface area contributed by atoms with Crippen LogP contribution in [0.1, 0.15) is 11.5 Å². The first-order valence-corrected chi connectivity index (χ1v) is 5.00. The average molecular weight is 242 g/mol. The van der Waals surface area contributed by atoms with Gasteiger partial charge in [-0.3, -0.25) is 0 Å². The molecule has 3 nitrogen and oxygen atoms in total. The summed E-state index contributed by atoms with van der Waals surface area (Å²) in [5, 5.41) is 4.53. The number of halogens is 1. The first kappa shape index (κ1) is 8.56. The van der Waals surface area contributed by atoms with E-state index in [1.807, 2.05) is 25.1 Å². The largest absolute Gasteiger partial charge is 0.458 e. The molecule has 0 fully saturated rings. The van der Waals surface area contributed by atoms with E-state index >= 15 is 0 Å².